The Hall–Kier alpha value is -1.70. The summed E-state index contributed by atoms with van der Waals surface area (Å²) >= 11 is 9.06. The van der Waals surface area contributed by atoms with Crippen LogP contribution in [0.3, 0.4) is 0 Å². The molecule has 8 heteroatoms. The highest BCUT2D eigenvalue weighted by atomic mass is 35.5. The number of thiophene rings is 1. The van der Waals surface area contributed by atoms with Crippen LogP contribution in [0, 0.1) is 0 Å². The molecule has 22 heavy (non-hydrogen) atoms. The van der Waals surface area contributed by atoms with Crippen molar-refractivity contribution >= 4 is 55.4 Å². The van der Waals surface area contributed by atoms with Crippen LogP contribution in [0.4, 0.5) is 5.13 Å². The van der Waals surface area contributed by atoms with Gasteiger partial charge in [0.1, 0.15) is 9.88 Å². The molecule has 1 amide bonds. The van der Waals surface area contributed by atoms with Crippen molar-refractivity contribution in [1.82, 2.24) is 15.5 Å². The molecule has 0 unspecified atom stereocenters. The van der Waals surface area contributed by atoms with Crippen LogP contribution in [-0.2, 0) is 6.42 Å². The van der Waals surface area contributed by atoms with Gasteiger partial charge in [0.25, 0.3) is 5.91 Å². The average molecular weight is 353 g/mol. The van der Waals surface area contributed by atoms with Crippen molar-refractivity contribution in [3.63, 3.8) is 0 Å². The summed E-state index contributed by atoms with van der Waals surface area (Å²) < 4.78 is 1.02. The number of aryl methyl sites for hydroxylation is 1. The first-order chi connectivity index (χ1) is 10.6. The number of hydrogen-bond acceptors (Lipinski definition) is 6. The van der Waals surface area contributed by atoms with E-state index in [1.54, 1.807) is 0 Å². The quantitative estimate of drug-likeness (QED) is 0.690. The van der Waals surface area contributed by atoms with Crippen LogP contribution in [0.2, 0.25) is 5.02 Å². The van der Waals surface area contributed by atoms with Crippen molar-refractivity contribution in [2.24, 2.45) is 0 Å². The largest absolute Gasteiger partial charge is 0.374 e. The van der Waals surface area contributed by atoms with E-state index in [9.17, 15) is 4.79 Å². The van der Waals surface area contributed by atoms with Crippen molar-refractivity contribution in [3.05, 3.63) is 39.2 Å². The number of hydrogen-bond donors (Lipinski definition) is 2. The fourth-order valence-corrected chi connectivity index (χ4v) is 4.13. The fourth-order valence-electron chi connectivity index (χ4n) is 2.05. The predicted octanol–water partition coefficient (Wildman–Crippen LogP) is 3.35. The van der Waals surface area contributed by atoms with Crippen molar-refractivity contribution in [3.8, 4) is 0 Å². The van der Waals surface area contributed by atoms with E-state index in [0.29, 0.717) is 21.6 Å². The van der Waals surface area contributed by atoms with Gasteiger partial charge in [-0.15, -0.1) is 21.5 Å². The van der Waals surface area contributed by atoms with E-state index in [2.05, 4.69) is 15.5 Å². The molecule has 0 aliphatic carbocycles. The third kappa shape index (κ3) is 3.21. The molecule has 2 heterocycles. The van der Waals surface area contributed by atoms with E-state index < -0.39 is 0 Å². The van der Waals surface area contributed by atoms with Crippen LogP contribution < -0.4 is 11.1 Å². The van der Waals surface area contributed by atoms with E-state index in [1.165, 1.54) is 22.7 Å². The molecule has 3 rings (SSSR count). The van der Waals surface area contributed by atoms with Gasteiger partial charge in [-0.3, -0.25) is 4.79 Å². The number of nitrogens with one attached hydrogen (secondary N) is 1. The Balaban J connectivity index is 1.58. The summed E-state index contributed by atoms with van der Waals surface area (Å²) in [5.41, 5.74) is 5.52. The molecule has 0 aliphatic heterocycles. The highest BCUT2D eigenvalue weighted by molar-refractivity contribution is 7.21. The first-order valence-corrected chi connectivity index (χ1v) is 8.69. The number of nitrogens with two attached hydrogens (primary N) is 1. The first kappa shape index (κ1) is 15.2. The second-order valence-electron chi connectivity index (χ2n) is 4.63. The van der Waals surface area contributed by atoms with Crippen molar-refractivity contribution in [1.29, 1.82) is 0 Å². The van der Waals surface area contributed by atoms with E-state index in [1.807, 2.05) is 24.3 Å². The molecule has 0 bridgehead atoms. The number of carbonyl (C=O) groups is 1. The molecule has 1 aromatic carbocycles. The zero-order chi connectivity index (χ0) is 15.5. The molecular weight excluding hydrogens is 340 g/mol. The molecule has 2 aromatic heterocycles. The van der Waals surface area contributed by atoms with E-state index in [0.717, 1.165) is 27.9 Å². The number of aromatic nitrogens is 2. The lowest BCUT2D eigenvalue weighted by Gasteiger charge is -2.02. The normalized spacial score (nSPS) is 11.0. The van der Waals surface area contributed by atoms with Crippen molar-refractivity contribution in [2.75, 3.05) is 12.3 Å². The monoisotopic (exact) mass is 352 g/mol. The highest BCUT2D eigenvalue weighted by Crippen LogP contribution is 2.34. The van der Waals surface area contributed by atoms with Crippen LogP contribution in [0.15, 0.2) is 24.3 Å². The number of fused-ring (bicyclic) bond motifs is 1. The molecule has 0 spiro atoms. The van der Waals surface area contributed by atoms with Gasteiger partial charge in [-0.1, -0.05) is 41.1 Å². The maximum Gasteiger partial charge on any atom is 0.262 e. The molecule has 5 nitrogen and oxygen atoms in total. The second-order valence-corrected chi connectivity index (χ2v) is 7.16. The third-order valence-corrected chi connectivity index (χ3v) is 5.56. The lowest BCUT2D eigenvalue weighted by atomic mass is 10.2. The Kier molecular flexibility index (Phi) is 4.56. The summed E-state index contributed by atoms with van der Waals surface area (Å²) in [6, 6.07) is 7.73. The number of nitrogens with zero attached hydrogens (tertiary/aromatic N) is 2. The number of halogens is 1. The maximum absolute atomic E-state index is 12.2. The number of amides is 1. The summed E-state index contributed by atoms with van der Waals surface area (Å²) in [4.78, 5) is 12.8. The Morgan fingerprint density at radius 3 is 2.82 bits per heavy atom. The van der Waals surface area contributed by atoms with Crippen LogP contribution >= 0.6 is 34.3 Å². The summed E-state index contributed by atoms with van der Waals surface area (Å²) in [7, 11) is 0. The van der Waals surface area contributed by atoms with Crippen molar-refractivity contribution in [2.45, 2.75) is 12.8 Å². The fraction of sp³-hybridized carbons (Fsp3) is 0.214. The zero-order valence-corrected chi connectivity index (χ0v) is 13.9. The van der Waals surface area contributed by atoms with Crippen LogP contribution in [0.25, 0.3) is 10.1 Å². The van der Waals surface area contributed by atoms with Gasteiger partial charge in [0.15, 0.2) is 0 Å². The Morgan fingerprint density at radius 2 is 2.09 bits per heavy atom. The molecule has 3 N–H and O–H groups in total. The Labute approximate surface area is 140 Å². The van der Waals surface area contributed by atoms with Gasteiger partial charge in [0, 0.05) is 23.1 Å². The summed E-state index contributed by atoms with van der Waals surface area (Å²) in [6.07, 6.45) is 1.53. The van der Waals surface area contributed by atoms with E-state index >= 15 is 0 Å². The van der Waals surface area contributed by atoms with Gasteiger partial charge >= 0.3 is 0 Å². The maximum atomic E-state index is 12.2. The Morgan fingerprint density at radius 1 is 1.27 bits per heavy atom. The molecule has 0 saturated heterocycles. The van der Waals surface area contributed by atoms with Gasteiger partial charge in [-0.2, -0.15) is 0 Å². The van der Waals surface area contributed by atoms with Gasteiger partial charge in [-0.25, -0.2) is 0 Å². The van der Waals surface area contributed by atoms with Gasteiger partial charge in [-0.05, 0) is 12.5 Å². The summed E-state index contributed by atoms with van der Waals surface area (Å²) in [5, 5.41) is 13.4. The minimum atomic E-state index is -0.136. The molecule has 0 fully saturated rings. The summed E-state index contributed by atoms with van der Waals surface area (Å²) in [6.45, 7) is 0.558. The smallest absolute Gasteiger partial charge is 0.262 e. The first-order valence-electron chi connectivity index (χ1n) is 6.68. The number of nitrogen functional groups attached to an aromatic ring is 1. The number of benzene rings is 1. The molecule has 0 saturated carbocycles. The Bertz CT molecular complexity index is 814. The molecule has 0 aliphatic rings. The average Bonchev–Trinajstić information content (AvgIpc) is 3.08. The van der Waals surface area contributed by atoms with Gasteiger partial charge < -0.3 is 11.1 Å². The van der Waals surface area contributed by atoms with Crippen LogP contribution in [0.1, 0.15) is 21.1 Å². The topological polar surface area (TPSA) is 80.9 Å². The van der Waals surface area contributed by atoms with Gasteiger partial charge in [0.05, 0.1) is 5.02 Å². The molecule has 0 radical (unpaired) electrons. The number of rotatable bonds is 5. The van der Waals surface area contributed by atoms with Crippen LogP contribution in [-0.4, -0.2) is 22.6 Å². The molecule has 3 aromatic rings. The SMILES string of the molecule is Nc1nnc(CCCNC(=O)c2sc3ccccc3c2Cl)s1. The zero-order valence-electron chi connectivity index (χ0n) is 11.5. The second kappa shape index (κ2) is 6.60. The lowest BCUT2D eigenvalue weighted by molar-refractivity contribution is 0.0957. The van der Waals surface area contributed by atoms with Crippen LogP contribution in [0.5, 0.6) is 0 Å². The minimum absolute atomic E-state index is 0.136. The predicted molar refractivity (Wildman–Crippen MR) is 91.8 cm³/mol. The van der Waals surface area contributed by atoms with E-state index in [-0.39, 0.29) is 5.91 Å². The standard InChI is InChI=1S/C14H13ClN4OS2/c15-11-8-4-1-2-5-9(8)21-12(11)13(20)17-7-3-6-10-18-19-14(16)22-10/h1-2,4-5H,3,6-7H2,(H2,16,19)(H,17,20). The molecular formula is C14H13ClN4OS2. The van der Waals surface area contributed by atoms with Crippen molar-refractivity contribution < 1.29 is 4.79 Å². The molecule has 0 atom stereocenters. The lowest BCUT2D eigenvalue weighted by Crippen LogP contribution is -2.24. The summed E-state index contributed by atoms with van der Waals surface area (Å²) in [5.74, 6) is -0.136. The van der Waals surface area contributed by atoms with E-state index in [4.69, 9.17) is 17.3 Å². The van der Waals surface area contributed by atoms with Gasteiger partial charge in [0.2, 0.25) is 5.13 Å². The number of carbonyl (C=O) groups excluding carboxylic acids is 1. The minimum Gasteiger partial charge on any atom is -0.374 e. The third-order valence-electron chi connectivity index (χ3n) is 3.08. The highest BCUT2D eigenvalue weighted by Gasteiger charge is 2.16. The number of anilines is 1. The molecule has 114 valence electrons.